The van der Waals surface area contributed by atoms with Crippen LogP contribution < -0.4 is 4.74 Å². The molecule has 0 spiro atoms. The van der Waals surface area contributed by atoms with E-state index in [1.807, 2.05) is 160 Å². The third-order valence-electron chi connectivity index (χ3n) is 17.9. The fourth-order valence-corrected chi connectivity index (χ4v) is 181. The topological polar surface area (TPSA) is 303 Å². The van der Waals surface area contributed by atoms with Gasteiger partial charge in [0.1, 0.15) is 12.0 Å². The monoisotopic (exact) mass is 2520 g/mol. The molecule has 0 aliphatic heterocycles. The number of benzene rings is 2. The zero-order valence-electron chi connectivity index (χ0n) is 100. The number of aryl methyl sites for hydroxylation is 1. The molecule has 0 atom stereocenters. The number of ether oxygens (including phenoxy) is 1. The van der Waals surface area contributed by atoms with Gasteiger partial charge in [-0.1, -0.05) is 30.3 Å². The third-order valence-corrected chi connectivity index (χ3v) is 137. The van der Waals surface area contributed by atoms with Crippen molar-refractivity contribution < 1.29 is 133 Å². The summed E-state index contributed by atoms with van der Waals surface area (Å²) >= 11 is 0. The Balaban J connectivity index is 2.05. The summed E-state index contributed by atoms with van der Waals surface area (Å²) in [4.78, 5) is 13.2. The summed E-state index contributed by atoms with van der Waals surface area (Å²) < 4.78 is 215. The van der Waals surface area contributed by atoms with Crippen LogP contribution in [0.1, 0.15) is 21.5 Å². The van der Waals surface area contributed by atoms with Crippen LogP contribution in [0.2, 0.25) is 412 Å². The summed E-state index contributed by atoms with van der Waals surface area (Å²) in [5.74, 6) is 0.670. The second kappa shape index (κ2) is 48.7. The summed E-state index contributed by atoms with van der Waals surface area (Å²) in [5.41, 5.74) is 2.15. The summed E-state index contributed by atoms with van der Waals surface area (Å²) in [5, 5.41) is 0. The van der Waals surface area contributed by atoms with E-state index in [-0.39, 0.29) is 5.78 Å². The van der Waals surface area contributed by atoms with Crippen LogP contribution in [0, 0.1) is 6.92 Å². The maximum Gasteiger partial charge on any atom is 0.314 e. The minimum atomic E-state index is -2.96. The molecule has 2 aromatic rings. The standard InChI is InChI=1S/C78H202O32Si31/c1-74-72-76(70-71-77(74)78(79)75-68-66-65-67-69-75)80-73-112(5,6)82-114(9,10)84-116(13,14)86-118(17,18)88-120(21,22)90-122(25,26)92-124(29,30)94-126(33,34)96-128(37,38)98-130(41,42)100-132(45,46)102-134(49,50)104-136(53,54)106-138(57,58)108-140(61,62)110-141(63,64)109-139(59,60)107-137(55,56)105-135(51,52)103-133(47,48)101-131(43,44)99-129(39,40)97-127(35,36)95-125(31,32)93-123(27,28)91-121(23,24)89-119(19,20)87-117(15,16)85-115(11,12)83-113(7,8)81-111(2,3)4/h65-72H,73H2,1-64H3. The molecule has 2 aromatic carbocycles. The molecule has 0 heterocycles. The first-order chi connectivity index (χ1) is 61.1. The van der Waals surface area contributed by atoms with Crippen molar-refractivity contribution in [3.8, 4) is 5.75 Å². The molecule has 0 aliphatic carbocycles. The Labute approximate surface area is 891 Å². The van der Waals surface area contributed by atoms with Gasteiger partial charge >= 0.3 is 248 Å². The average molecular weight is 2520 g/mol. The molecular weight excluding hydrogens is 2320 g/mol. The lowest BCUT2D eigenvalue weighted by molar-refractivity contribution is 0.103. The van der Waals surface area contributed by atoms with Gasteiger partial charge in [-0.2, -0.15) is 0 Å². The quantitative estimate of drug-likeness (QED) is 0.0439. The van der Waals surface area contributed by atoms with Gasteiger partial charge in [0, 0.05) is 11.1 Å². The lowest BCUT2D eigenvalue weighted by Gasteiger charge is -2.45. The molecule has 32 nitrogen and oxygen atoms in total. The Morgan fingerprint density at radius 3 is 0.447 bits per heavy atom. The molecule has 0 amide bonds. The first kappa shape index (κ1) is 140. The number of hydrogen-bond acceptors (Lipinski definition) is 32. The van der Waals surface area contributed by atoms with E-state index >= 15 is 0 Å². The predicted molar refractivity (Wildman–Crippen MR) is 647 cm³/mol. The van der Waals surface area contributed by atoms with E-state index in [9.17, 15) is 4.79 Å². The van der Waals surface area contributed by atoms with Crippen LogP contribution in [0.4, 0.5) is 0 Å². The SMILES string of the molecule is Cc1cc(OC[Si](C)(C)O[Si](C)(C)O[Si](C)(C)O[Si](C)(C)O[Si](C)(C)O[Si](C)(C)O[Si](C)(C)O[Si](C)(C)O[Si](C)(C)O[Si](C)(C)O[Si](C)(C)O[Si](C)(C)O[Si](C)(C)O[Si](C)(C)O[Si](C)(C)O[Si](C)(C)O[Si](C)(C)O[Si](C)(C)O[Si](C)(C)O[Si](C)(C)O[Si](C)(C)O[Si](C)(C)O[Si](C)(C)O[Si](C)(C)O[Si](C)(C)O[Si](C)(C)O[Si](C)(C)O[Si](C)(C)O[Si](C)(C)O[Si](C)(C)O[Si](C)(C)C)ccc1C(=O)c1ccccc1. The van der Waals surface area contributed by atoms with Crippen molar-refractivity contribution >= 4 is 271 Å². The molecule has 0 N–H and O–H groups in total. The molecule has 0 aromatic heterocycles. The molecule has 830 valence electrons. The third kappa shape index (κ3) is 60.1. The van der Waals surface area contributed by atoms with Crippen molar-refractivity contribution in [2.75, 3.05) is 6.23 Å². The van der Waals surface area contributed by atoms with Crippen molar-refractivity contribution in [3.05, 3.63) is 65.2 Å². The van der Waals surface area contributed by atoms with Crippen LogP contribution in [0.3, 0.4) is 0 Å². The van der Waals surface area contributed by atoms with E-state index in [1.54, 1.807) is 0 Å². The lowest BCUT2D eigenvalue weighted by Crippen LogP contribution is -2.63. The smallest absolute Gasteiger partial charge is 0.314 e. The molecule has 0 unspecified atom stereocenters. The Hall–Kier alpha value is 3.43. The van der Waals surface area contributed by atoms with Crippen molar-refractivity contribution in [3.63, 3.8) is 0 Å². The normalized spacial score (nSPS) is 15.7. The highest BCUT2D eigenvalue weighted by Gasteiger charge is 2.59. The van der Waals surface area contributed by atoms with Gasteiger partial charge in [-0.25, -0.2) is 0 Å². The molecule has 2 rings (SSSR count). The molecule has 63 heteroatoms. The van der Waals surface area contributed by atoms with Gasteiger partial charge in [0.25, 0.3) is 0 Å². The first-order valence-electron chi connectivity index (χ1n) is 49.4. The van der Waals surface area contributed by atoms with E-state index in [1.165, 1.54) is 0 Å². The highest BCUT2D eigenvalue weighted by atomic mass is 28.6. The predicted octanol–water partition coefficient (Wildman–Crippen LogP) is 26.0. The summed E-state index contributed by atoms with van der Waals surface area (Å²) in [6.07, 6.45) is 0.403. The summed E-state index contributed by atoms with van der Waals surface area (Å²) in [7, 11) is -87.9. The Kier molecular flexibility index (Phi) is 48.5. The van der Waals surface area contributed by atoms with Crippen LogP contribution in [0.5, 0.6) is 5.75 Å². The van der Waals surface area contributed by atoms with E-state index in [4.69, 9.17) is 128 Å². The van der Waals surface area contributed by atoms with E-state index < -0.39 is 265 Å². The maximum absolute atomic E-state index is 13.2. The van der Waals surface area contributed by atoms with Crippen LogP contribution in [-0.4, -0.2) is 277 Å². The molecule has 141 heavy (non-hydrogen) atoms. The summed E-state index contributed by atoms with van der Waals surface area (Å²) in [6, 6.07) is 14.9. The van der Waals surface area contributed by atoms with E-state index in [0.717, 1.165) is 5.56 Å². The zero-order valence-corrected chi connectivity index (χ0v) is 131. The van der Waals surface area contributed by atoms with Crippen LogP contribution in [-0.2, 0) is 123 Å². The van der Waals surface area contributed by atoms with Gasteiger partial charge < -0.3 is 128 Å². The Morgan fingerprint density at radius 2 is 0.312 bits per heavy atom. The van der Waals surface area contributed by atoms with Crippen LogP contribution >= 0.6 is 0 Å². The van der Waals surface area contributed by atoms with E-state index in [2.05, 4.69) is 308 Å². The summed E-state index contributed by atoms with van der Waals surface area (Å²) in [6.45, 7) is 132. The second-order valence-corrected chi connectivity index (χ2v) is 165. The Bertz CT molecular complexity index is 4190. The first-order valence-corrected chi connectivity index (χ1v) is 138. The minimum absolute atomic E-state index is 0.0181. The van der Waals surface area contributed by atoms with Gasteiger partial charge in [-0.05, 0) is 443 Å². The molecule has 0 radical (unpaired) electrons. The molecule has 0 saturated carbocycles. The number of carbonyl (C=O) groups is 1. The molecule has 0 saturated heterocycles. The Morgan fingerprint density at radius 1 is 0.177 bits per heavy atom. The maximum atomic E-state index is 13.2. The molecule has 0 aliphatic rings. The van der Waals surface area contributed by atoms with Crippen molar-refractivity contribution in [1.82, 2.24) is 0 Å². The zero-order chi connectivity index (χ0) is 112. The average Bonchev–Trinajstić information content (AvgIpc) is 0.795. The fraction of sp³-hybridized carbons (Fsp3) is 0.833. The van der Waals surface area contributed by atoms with E-state index in [0.29, 0.717) is 23.1 Å². The van der Waals surface area contributed by atoms with Gasteiger partial charge in [-0.3, -0.25) is 4.79 Å². The number of rotatable bonds is 65. The molecule has 0 bridgehead atoms. The second-order valence-electron chi connectivity index (χ2n) is 51.5. The molecule has 0 fully saturated rings. The van der Waals surface area contributed by atoms with Gasteiger partial charge in [0.05, 0.1) is 0 Å². The highest BCUT2D eigenvalue weighted by molar-refractivity contribution is 6.99. The van der Waals surface area contributed by atoms with Crippen molar-refractivity contribution in [2.45, 2.75) is 419 Å². The van der Waals surface area contributed by atoms with Gasteiger partial charge in [-0.15, -0.1) is 0 Å². The largest absolute Gasteiger partial charge is 0.494 e. The van der Waals surface area contributed by atoms with Crippen LogP contribution in [0.15, 0.2) is 48.5 Å². The van der Waals surface area contributed by atoms with Crippen molar-refractivity contribution in [1.29, 1.82) is 0 Å². The van der Waals surface area contributed by atoms with Gasteiger partial charge in [0.2, 0.25) is 8.32 Å². The number of hydrogen-bond donors (Lipinski definition) is 0. The van der Waals surface area contributed by atoms with Crippen molar-refractivity contribution in [2.24, 2.45) is 0 Å². The number of ketones is 1. The minimum Gasteiger partial charge on any atom is -0.494 e. The van der Waals surface area contributed by atoms with Crippen LogP contribution in [0.25, 0.3) is 0 Å². The lowest BCUT2D eigenvalue weighted by atomic mass is 9.99. The molecular formula is C78H202O32Si31. The fourth-order valence-electron chi connectivity index (χ4n) is 20.6. The highest BCUT2D eigenvalue weighted by Crippen LogP contribution is 2.40. The number of carbonyl (C=O) groups excluding carboxylic acids is 1. The van der Waals surface area contributed by atoms with Gasteiger partial charge in [0.15, 0.2) is 14.1 Å².